The highest BCUT2D eigenvalue weighted by atomic mass is 19.4. The highest BCUT2D eigenvalue weighted by molar-refractivity contribution is 5.91. The lowest BCUT2D eigenvalue weighted by molar-refractivity contribution is -0.140. The van der Waals surface area contributed by atoms with E-state index in [-0.39, 0.29) is 11.2 Å². The van der Waals surface area contributed by atoms with Crippen LogP contribution in [0.5, 0.6) is 0 Å². The lowest BCUT2D eigenvalue weighted by Crippen LogP contribution is -2.12. The standard InChI is InChI=1S/C10H7F4N3/c11-5-1-2-6-7(3-5)16-9(10(12,13)14)4-8(6)17-15/h1-4H,15H2,(H,16,17). The molecular formula is C10H7F4N3. The number of rotatable bonds is 1. The fourth-order valence-electron chi connectivity index (χ4n) is 1.47. The van der Waals surface area contributed by atoms with Gasteiger partial charge >= 0.3 is 6.18 Å². The van der Waals surface area contributed by atoms with Gasteiger partial charge in [0.05, 0.1) is 11.2 Å². The monoisotopic (exact) mass is 245 g/mol. The van der Waals surface area contributed by atoms with Crippen LogP contribution in [0, 0.1) is 5.82 Å². The van der Waals surface area contributed by atoms with Crippen molar-refractivity contribution in [1.29, 1.82) is 0 Å². The SMILES string of the molecule is NNc1cc(C(F)(F)F)nc2cc(F)ccc12. The quantitative estimate of drug-likeness (QED) is 0.461. The van der Waals surface area contributed by atoms with E-state index in [0.717, 1.165) is 18.2 Å². The van der Waals surface area contributed by atoms with Crippen LogP contribution in [0.4, 0.5) is 23.2 Å². The lowest BCUT2D eigenvalue weighted by Gasteiger charge is -2.11. The first kappa shape index (κ1) is 11.6. The lowest BCUT2D eigenvalue weighted by atomic mass is 10.1. The van der Waals surface area contributed by atoms with Crippen molar-refractivity contribution in [2.24, 2.45) is 5.84 Å². The zero-order valence-electron chi connectivity index (χ0n) is 8.35. The van der Waals surface area contributed by atoms with E-state index < -0.39 is 17.7 Å². The number of benzene rings is 1. The number of aromatic nitrogens is 1. The van der Waals surface area contributed by atoms with Crippen molar-refractivity contribution in [2.45, 2.75) is 6.18 Å². The second-order valence-corrected chi connectivity index (χ2v) is 3.36. The summed E-state index contributed by atoms with van der Waals surface area (Å²) in [4.78, 5) is 3.36. The smallest absolute Gasteiger partial charge is 0.323 e. The number of hydrazine groups is 1. The van der Waals surface area contributed by atoms with Crippen LogP contribution in [0.25, 0.3) is 10.9 Å². The van der Waals surface area contributed by atoms with E-state index in [1.807, 2.05) is 0 Å². The number of alkyl halides is 3. The van der Waals surface area contributed by atoms with Gasteiger partial charge in [-0.15, -0.1) is 0 Å². The van der Waals surface area contributed by atoms with Crippen molar-refractivity contribution in [3.63, 3.8) is 0 Å². The maximum atomic E-state index is 12.9. The number of pyridine rings is 1. The van der Waals surface area contributed by atoms with Crippen molar-refractivity contribution in [2.75, 3.05) is 5.43 Å². The summed E-state index contributed by atoms with van der Waals surface area (Å²) in [5.41, 5.74) is 0.958. The summed E-state index contributed by atoms with van der Waals surface area (Å²) in [5, 5.41) is 0.321. The Kier molecular flexibility index (Phi) is 2.62. The number of hydrogen-bond acceptors (Lipinski definition) is 3. The molecule has 0 amide bonds. The molecule has 0 aliphatic rings. The van der Waals surface area contributed by atoms with Crippen LogP contribution < -0.4 is 11.3 Å². The molecule has 0 atom stereocenters. The van der Waals surface area contributed by atoms with Crippen molar-refractivity contribution in [3.8, 4) is 0 Å². The Morgan fingerprint density at radius 2 is 1.88 bits per heavy atom. The first-order valence-electron chi connectivity index (χ1n) is 4.56. The molecule has 1 heterocycles. The van der Waals surface area contributed by atoms with Gasteiger partial charge in [0.2, 0.25) is 0 Å². The largest absolute Gasteiger partial charge is 0.433 e. The normalized spacial score (nSPS) is 11.8. The Bertz CT molecular complexity index is 565. The molecule has 0 saturated carbocycles. The van der Waals surface area contributed by atoms with Gasteiger partial charge < -0.3 is 5.43 Å². The van der Waals surface area contributed by atoms with Crippen LogP contribution in [-0.2, 0) is 6.18 Å². The summed E-state index contributed by atoms with van der Waals surface area (Å²) in [6.45, 7) is 0. The van der Waals surface area contributed by atoms with E-state index in [1.165, 1.54) is 6.07 Å². The van der Waals surface area contributed by atoms with E-state index in [9.17, 15) is 17.6 Å². The second-order valence-electron chi connectivity index (χ2n) is 3.36. The van der Waals surface area contributed by atoms with Crippen LogP contribution in [-0.4, -0.2) is 4.98 Å². The maximum Gasteiger partial charge on any atom is 0.433 e. The molecule has 0 fully saturated rings. The molecule has 90 valence electrons. The van der Waals surface area contributed by atoms with Crippen LogP contribution in [0.3, 0.4) is 0 Å². The molecule has 2 aromatic rings. The first-order chi connectivity index (χ1) is 7.91. The fourth-order valence-corrected chi connectivity index (χ4v) is 1.47. The van der Waals surface area contributed by atoms with Gasteiger partial charge in [-0.05, 0) is 18.2 Å². The van der Waals surface area contributed by atoms with Crippen molar-refractivity contribution >= 4 is 16.6 Å². The van der Waals surface area contributed by atoms with Crippen LogP contribution in [0.2, 0.25) is 0 Å². The molecule has 17 heavy (non-hydrogen) atoms. The molecule has 1 aromatic carbocycles. The molecule has 0 saturated heterocycles. The summed E-state index contributed by atoms with van der Waals surface area (Å²) < 4.78 is 50.5. The molecule has 0 aliphatic carbocycles. The minimum absolute atomic E-state index is 0.0438. The van der Waals surface area contributed by atoms with E-state index in [0.29, 0.717) is 5.39 Å². The molecular weight excluding hydrogens is 238 g/mol. The molecule has 0 spiro atoms. The molecule has 1 aromatic heterocycles. The highest BCUT2D eigenvalue weighted by Crippen LogP contribution is 2.32. The first-order valence-corrected chi connectivity index (χ1v) is 4.56. The second kappa shape index (κ2) is 3.85. The molecule has 0 radical (unpaired) electrons. The number of nitrogens with zero attached hydrogens (tertiary/aromatic N) is 1. The van der Waals surface area contributed by atoms with Crippen LogP contribution in [0.15, 0.2) is 24.3 Å². The zero-order chi connectivity index (χ0) is 12.6. The molecule has 0 aliphatic heterocycles. The topological polar surface area (TPSA) is 50.9 Å². The average molecular weight is 245 g/mol. The van der Waals surface area contributed by atoms with Gasteiger partial charge in [0, 0.05) is 11.5 Å². The number of nitrogens with two attached hydrogens (primary N) is 1. The minimum atomic E-state index is -4.61. The van der Waals surface area contributed by atoms with Crippen molar-refractivity contribution < 1.29 is 17.6 Å². The third-order valence-corrected chi connectivity index (χ3v) is 2.22. The van der Waals surface area contributed by atoms with E-state index in [2.05, 4.69) is 10.4 Å². The van der Waals surface area contributed by atoms with Gasteiger partial charge in [-0.25, -0.2) is 9.37 Å². The van der Waals surface area contributed by atoms with Gasteiger partial charge in [-0.1, -0.05) is 0 Å². The third-order valence-electron chi connectivity index (χ3n) is 2.22. The van der Waals surface area contributed by atoms with Crippen LogP contribution in [0.1, 0.15) is 5.69 Å². The van der Waals surface area contributed by atoms with E-state index in [1.54, 1.807) is 0 Å². The predicted molar refractivity (Wildman–Crippen MR) is 54.5 cm³/mol. The number of hydrogen-bond donors (Lipinski definition) is 2. The van der Waals surface area contributed by atoms with Gasteiger partial charge in [-0.2, -0.15) is 13.2 Å². The summed E-state index contributed by atoms with van der Waals surface area (Å²) >= 11 is 0. The number of anilines is 1. The number of fused-ring (bicyclic) bond motifs is 1. The number of halogens is 4. The molecule has 3 nitrogen and oxygen atoms in total. The summed E-state index contributed by atoms with van der Waals surface area (Å²) in [6.07, 6.45) is -4.61. The molecule has 3 N–H and O–H groups in total. The molecule has 0 bridgehead atoms. The molecule has 7 heteroatoms. The Morgan fingerprint density at radius 3 is 2.47 bits per heavy atom. The van der Waals surface area contributed by atoms with Crippen LogP contribution >= 0.6 is 0 Å². The number of nitrogens with one attached hydrogen (secondary N) is 1. The average Bonchev–Trinajstić information content (AvgIpc) is 2.25. The maximum absolute atomic E-state index is 12.9. The Morgan fingerprint density at radius 1 is 1.18 bits per heavy atom. The summed E-state index contributed by atoms with van der Waals surface area (Å²) in [5.74, 6) is 4.47. The van der Waals surface area contributed by atoms with E-state index in [4.69, 9.17) is 5.84 Å². The van der Waals surface area contributed by atoms with Crippen molar-refractivity contribution in [1.82, 2.24) is 4.98 Å². The van der Waals surface area contributed by atoms with Gasteiger partial charge in [0.1, 0.15) is 11.5 Å². The summed E-state index contributed by atoms with van der Waals surface area (Å²) in [6, 6.07) is 4.14. The Hall–Kier alpha value is -1.89. The Labute approximate surface area is 93.2 Å². The van der Waals surface area contributed by atoms with Gasteiger partial charge in [0.15, 0.2) is 0 Å². The van der Waals surface area contributed by atoms with Gasteiger partial charge in [-0.3, -0.25) is 5.84 Å². The van der Waals surface area contributed by atoms with Crippen molar-refractivity contribution in [3.05, 3.63) is 35.8 Å². The number of nitrogen functional groups attached to an aromatic ring is 1. The minimum Gasteiger partial charge on any atom is -0.323 e. The highest BCUT2D eigenvalue weighted by Gasteiger charge is 2.33. The molecule has 0 unspecified atom stereocenters. The van der Waals surface area contributed by atoms with E-state index >= 15 is 0 Å². The summed E-state index contributed by atoms with van der Waals surface area (Å²) in [7, 11) is 0. The fraction of sp³-hybridized carbons (Fsp3) is 0.100. The van der Waals surface area contributed by atoms with Gasteiger partial charge in [0.25, 0.3) is 0 Å². The third kappa shape index (κ3) is 2.14. The zero-order valence-corrected chi connectivity index (χ0v) is 8.35. The molecule has 2 rings (SSSR count). The predicted octanol–water partition coefficient (Wildman–Crippen LogP) is 2.68. The Balaban J connectivity index is 2.76.